The fraction of sp³-hybridized carbons (Fsp3) is 0.143. The van der Waals surface area contributed by atoms with Crippen LogP contribution in [0.4, 0.5) is 0 Å². The molecule has 0 saturated carbocycles. The molecule has 0 atom stereocenters. The molecule has 1 aromatic heterocycles. The first-order valence-electron chi connectivity index (χ1n) is 2.93. The predicted molar refractivity (Wildman–Crippen MR) is 39.1 cm³/mol. The summed E-state index contributed by atoms with van der Waals surface area (Å²) in [6, 6.07) is 3.56. The Morgan fingerprint density at radius 1 is 1.70 bits per heavy atom. The SMILES string of the molecule is [B]C(=O)c1ncccc1C. The second-order valence-electron chi connectivity index (χ2n) is 2.03. The molecule has 1 aromatic rings. The normalized spacial score (nSPS) is 9.30. The van der Waals surface area contributed by atoms with E-state index >= 15 is 0 Å². The number of nitrogens with zero attached hydrogens (tertiary/aromatic N) is 1. The van der Waals surface area contributed by atoms with Gasteiger partial charge in [-0.3, -0.25) is 4.98 Å². The van der Waals surface area contributed by atoms with Gasteiger partial charge in [0.15, 0.2) is 7.85 Å². The Hall–Kier alpha value is -1.12. The lowest BCUT2D eigenvalue weighted by atomic mass is 9.96. The van der Waals surface area contributed by atoms with E-state index in [1.54, 1.807) is 25.3 Å². The summed E-state index contributed by atoms with van der Waals surface area (Å²) in [6.45, 7) is 1.80. The lowest BCUT2D eigenvalue weighted by Gasteiger charge is -1.97. The van der Waals surface area contributed by atoms with Gasteiger partial charge < -0.3 is 4.79 Å². The van der Waals surface area contributed by atoms with Crippen molar-refractivity contribution < 1.29 is 4.79 Å². The standard InChI is InChI=1S/C7H6BNO/c1-5-3-2-4-9-6(5)7(8)10/h2-4H,1H3. The Balaban J connectivity index is 3.15. The summed E-state index contributed by atoms with van der Waals surface area (Å²) in [4.78, 5) is 14.4. The molecule has 0 aliphatic rings. The zero-order valence-corrected chi connectivity index (χ0v) is 5.66. The summed E-state index contributed by atoms with van der Waals surface area (Å²) in [6.07, 6.45) is 1.55. The van der Waals surface area contributed by atoms with Gasteiger partial charge in [-0.2, -0.15) is 0 Å². The first-order valence-corrected chi connectivity index (χ1v) is 2.93. The van der Waals surface area contributed by atoms with Crippen molar-refractivity contribution >= 4 is 13.5 Å². The Morgan fingerprint density at radius 2 is 2.40 bits per heavy atom. The second kappa shape index (κ2) is 2.65. The molecule has 0 N–H and O–H groups in total. The zero-order valence-electron chi connectivity index (χ0n) is 5.66. The van der Waals surface area contributed by atoms with Crippen LogP contribution in [-0.4, -0.2) is 18.5 Å². The highest BCUT2D eigenvalue weighted by Crippen LogP contribution is 2.01. The molecule has 10 heavy (non-hydrogen) atoms. The third kappa shape index (κ3) is 1.24. The third-order valence-corrected chi connectivity index (χ3v) is 1.24. The molecule has 0 amide bonds. The van der Waals surface area contributed by atoms with E-state index < -0.39 is 5.68 Å². The highest BCUT2D eigenvalue weighted by Gasteiger charge is 2.01. The van der Waals surface area contributed by atoms with Gasteiger partial charge in [-0.1, -0.05) is 6.07 Å². The monoisotopic (exact) mass is 131 g/mol. The summed E-state index contributed by atoms with van der Waals surface area (Å²) < 4.78 is 0. The summed E-state index contributed by atoms with van der Waals surface area (Å²) >= 11 is 0. The molecule has 1 heterocycles. The minimum absolute atomic E-state index is 0.350. The van der Waals surface area contributed by atoms with Crippen LogP contribution in [0.15, 0.2) is 18.3 Å². The van der Waals surface area contributed by atoms with Gasteiger partial charge >= 0.3 is 0 Å². The molecule has 0 spiro atoms. The van der Waals surface area contributed by atoms with E-state index in [0.29, 0.717) is 5.69 Å². The summed E-state index contributed by atoms with van der Waals surface area (Å²) in [5.41, 5.74) is 0.690. The first-order chi connectivity index (χ1) is 4.72. The molecule has 0 aromatic carbocycles. The Morgan fingerprint density at radius 3 is 2.80 bits per heavy atom. The van der Waals surface area contributed by atoms with Gasteiger partial charge in [0.2, 0.25) is 0 Å². The van der Waals surface area contributed by atoms with Crippen LogP contribution < -0.4 is 0 Å². The molecule has 2 radical (unpaired) electrons. The van der Waals surface area contributed by atoms with Gasteiger partial charge in [0.05, 0.1) is 5.69 Å². The topological polar surface area (TPSA) is 30.0 Å². The summed E-state index contributed by atoms with van der Waals surface area (Å²) in [5.74, 6) is 0. The van der Waals surface area contributed by atoms with E-state index in [-0.39, 0.29) is 0 Å². The fourth-order valence-corrected chi connectivity index (χ4v) is 0.744. The smallest absolute Gasteiger partial charge is 0.177 e. The maximum atomic E-state index is 10.6. The second-order valence-corrected chi connectivity index (χ2v) is 2.03. The molecule has 0 aliphatic heterocycles. The van der Waals surface area contributed by atoms with Gasteiger partial charge in [0.1, 0.15) is 5.68 Å². The molecular weight excluding hydrogens is 125 g/mol. The molecule has 0 fully saturated rings. The van der Waals surface area contributed by atoms with Crippen LogP contribution in [0.1, 0.15) is 16.1 Å². The fourth-order valence-electron chi connectivity index (χ4n) is 0.744. The third-order valence-electron chi connectivity index (χ3n) is 1.24. The predicted octanol–water partition coefficient (Wildman–Crippen LogP) is 0.699. The van der Waals surface area contributed by atoms with Gasteiger partial charge in [-0.15, -0.1) is 0 Å². The van der Waals surface area contributed by atoms with Gasteiger partial charge in [0.25, 0.3) is 0 Å². The van der Waals surface area contributed by atoms with E-state index in [1.807, 2.05) is 0 Å². The van der Waals surface area contributed by atoms with Gasteiger partial charge in [-0.05, 0) is 18.6 Å². The van der Waals surface area contributed by atoms with Crippen LogP contribution in [-0.2, 0) is 0 Å². The minimum atomic E-state index is -0.474. The highest BCUT2D eigenvalue weighted by molar-refractivity contribution is 6.62. The molecule has 3 heteroatoms. The molecule has 0 unspecified atom stereocenters. The Bertz CT molecular complexity index is 260. The molecule has 1 rings (SSSR count). The lowest BCUT2D eigenvalue weighted by molar-refractivity contribution is 0.107. The van der Waals surface area contributed by atoms with Crippen molar-refractivity contribution in [1.29, 1.82) is 0 Å². The Labute approximate surface area is 60.7 Å². The van der Waals surface area contributed by atoms with Crippen LogP contribution in [0.2, 0.25) is 0 Å². The van der Waals surface area contributed by atoms with Gasteiger partial charge in [-0.25, -0.2) is 0 Å². The van der Waals surface area contributed by atoms with Crippen molar-refractivity contribution in [1.82, 2.24) is 4.98 Å². The van der Waals surface area contributed by atoms with E-state index in [9.17, 15) is 4.79 Å². The summed E-state index contributed by atoms with van der Waals surface area (Å²) in [7, 11) is 5.01. The van der Waals surface area contributed by atoms with Crippen molar-refractivity contribution in [2.24, 2.45) is 0 Å². The van der Waals surface area contributed by atoms with Crippen LogP contribution in [0.3, 0.4) is 0 Å². The average Bonchev–Trinajstić information content (AvgIpc) is 1.88. The summed E-state index contributed by atoms with van der Waals surface area (Å²) in [5, 5.41) is 0. The zero-order chi connectivity index (χ0) is 7.56. The molecule has 2 nitrogen and oxygen atoms in total. The van der Waals surface area contributed by atoms with Crippen molar-refractivity contribution in [2.45, 2.75) is 6.92 Å². The number of hydrogen-bond donors (Lipinski definition) is 0. The number of carbonyl (C=O) groups excluding carboxylic acids is 1. The van der Waals surface area contributed by atoms with Crippen LogP contribution >= 0.6 is 0 Å². The maximum absolute atomic E-state index is 10.6. The number of aryl methyl sites for hydroxylation is 1. The minimum Gasteiger partial charge on any atom is -0.306 e. The van der Waals surface area contributed by atoms with E-state index in [1.165, 1.54) is 0 Å². The van der Waals surface area contributed by atoms with E-state index in [4.69, 9.17) is 7.85 Å². The number of hydrogen-bond acceptors (Lipinski definition) is 2. The lowest BCUT2D eigenvalue weighted by Crippen LogP contribution is -2.02. The molecule has 48 valence electrons. The van der Waals surface area contributed by atoms with Crippen molar-refractivity contribution in [3.8, 4) is 0 Å². The molecule has 0 saturated heterocycles. The van der Waals surface area contributed by atoms with Crippen molar-refractivity contribution in [3.05, 3.63) is 29.6 Å². The molecular formula is C7H6BNO. The molecule has 0 aliphatic carbocycles. The first kappa shape index (κ1) is 7.00. The van der Waals surface area contributed by atoms with Crippen LogP contribution in [0.25, 0.3) is 0 Å². The quantitative estimate of drug-likeness (QED) is 0.525. The van der Waals surface area contributed by atoms with Gasteiger partial charge in [0, 0.05) is 6.20 Å². The number of carbonyl (C=O) groups is 1. The maximum Gasteiger partial charge on any atom is 0.177 e. The van der Waals surface area contributed by atoms with E-state index in [0.717, 1.165) is 5.56 Å². The number of aromatic nitrogens is 1. The average molecular weight is 131 g/mol. The Kier molecular flexibility index (Phi) is 1.85. The highest BCUT2D eigenvalue weighted by atomic mass is 16.1. The van der Waals surface area contributed by atoms with Crippen molar-refractivity contribution in [3.63, 3.8) is 0 Å². The van der Waals surface area contributed by atoms with Crippen LogP contribution in [0.5, 0.6) is 0 Å². The molecule has 0 bridgehead atoms. The van der Waals surface area contributed by atoms with Crippen LogP contribution in [0, 0.1) is 6.92 Å². The largest absolute Gasteiger partial charge is 0.306 e. The van der Waals surface area contributed by atoms with Crippen molar-refractivity contribution in [2.75, 3.05) is 0 Å². The van der Waals surface area contributed by atoms with E-state index in [2.05, 4.69) is 4.98 Å². The number of rotatable bonds is 1. The number of pyridine rings is 1.